The summed E-state index contributed by atoms with van der Waals surface area (Å²) in [6.45, 7) is 0. The van der Waals surface area contributed by atoms with Gasteiger partial charge in [0.25, 0.3) is 0 Å². The maximum absolute atomic E-state index is 11.0. The van der Waals surface area contributed by atoms with Gasteiger partial charge in [0.05, 0.1) is 11.8 Å². The number of rotatable bonds is 5. The molecule has 3 rings (SSSR count). The van der Waals surface area contributed by atoms with Crippen molar-refractivity contribution in [1.82, 2.24) is 20.6 Å². The third-order valence-corrected chi connectivity index (χ3v) is 2.66. The van der Waals surface area contributed by atoms with E-state index < -0.39 is 5.97 Å². The Bertz CT molecular complexity index is 809. The molecule has 0 saturated heterocycles. The second-order valence-corrected chi connectivity index (χ2v) is 4.11. The van der Waals surface area contributed by atoms with Crippen LogP contribution in [-0.4, -0.2) is 32.8 Å². The molecule has 0 bridgehead atoms. The molecule has 0 amide bonds. The zero-order chi connectivity index (χ0) is 15.4. The molecule has 0 aliphatic carbocycles. The van der Waals surface area contributed by atoms with Crippen LogP contribution < -0.4 is 5.10 Å². The van der Waals surface area contributed by atoms with Crippen LogP contribution in [-0.2, 0) is 0 Å². The van der Waals surface area contributed by atoms with Gasteiger partial charge in [0.15, 0.2) is 0 Å². The lowest BCUT2D eigenvalue weighted by Crippen LogP contribution is -1.95. The maximum Gasteiger partial charge on any atom is 0.335 e. The normalized spacial score (nSPS) is 10.9. The van der Waals surface area contributed by atoms with Crippen molar-refractivity contribution >= 4 is 18.1 Å². The molecular formula is C13H8N6O3-2. The molecule has 0 aliphatic rings. The van der Waals surface area contributed by atoms with Gasteiger partial charge in [0.1, 0.15) is 11.5 Å². The Balaban J connectivity index is 1.74. The Kier molecular flexibility index (Phi) is 3.60. The Hall–Kier alpha value is -3.49. The molecule has 0 atom stereocenters. The van der Waals surface area contributed by atoms with Gasteiger partial charge in [0.2, 0.25) is 0 Å². The van der Waals surface area contributed by atoms with Crippen molar-refractivity contribution in [2.45, 2.75) is 0 Å². The van der Waals surface area contributed by atoms with Crippen molar-refractivity contribution in [3.05, 3.63) is 53.1 Å². The van der Waals surface area contributed by atoms with Crippen LogP contribution in [0.2, 0.25) is 0 Å². The summed E-state index contributed by atoms with van der Waals surface area (Å²) in [6.07, 6.45) is 1.38. The van der Waals surface area contributed by atoms with Gasteiger partial charge < -0.3 is 30.2 Å². The standard InChI is InChI=1S/C13H9N6O3/c20-12(21)9-3-1-2-8(6-9)11-5-4-10(22-11)7-14-15-13-16-18-19-17-13/h1-7H,(H2-,15,16,17,18,19,20,21)/q-1/p-1/b14-7-. The number of hydrogen-bond donors (Lipinski definition) is 1. The van der Waals surface area contributed by atoms with Crippen LogP contribution in [0.5, 0.6) is 0 Å². The van der Waals surface area contributed by atoms with Crippen LogP contribution in [0.25, 0.3) is 16.7 Å². The third-order valence-electron chi connectivity index (χ3n) is 2.66. The lowest BCUT2D eigenvalue weighted by Gasteiger charge is -2.10. The van der Waals surface area contributed by atoms with Crippen molar-refractivity contribution in [2.75, 3.05) is 0 Å². The maximum atomic E-state index is 11.0. The van der Waals surface area contributed by atoms with E-state index in [1.165, 1.54) is 18.3 Å². The van der Waals surface area contributed by atoms with Gasteiger partial charge in [0, 0.05) is 5.56 Å². The molecule has 1 aromatic carbocycles. The van der Waals surface area contributed by atoms with E-state index >= 15 is 0 Å². The van der Waals surface area contributed by atoms with Crippen molar-refractivity contribution in [3.63, 3.8) is 0 Å². The molecule has 0 radical (unpaired) electrons. The van der Waals surface area contributed by atoms with Crippen LogP contribution in [0.1, 0.15) is 16.1 Å². The van der Waals surface area contributed by atoms with Crippen LogP contribution in [0.3, 0.4) is 0 Å². The van der Waals surface area contributed by atoms with E-state index in [2.05, 4.69) is 31.2 Å². The van der Waals surface area contributed by atoms with Gasteiger partial charge in [-0.25, -0.2) is 15.2 Å². The monoisotopic (exact) mass is 296 g/mol. The van der Waals surface area contributed by atoms with Crippen molar-refractivity contribution < 1.29 is 14.3 Å². The second kappa shape index (κ2) is 5.87. The highest BCUT2D eigenvalue weighted by Crippen LogP contribution is 2.22. The molecule has 0 fully saturated rings. The number of carboxylic acid groups (broad SMARTS) is 1. The molecule has 110 valence electrons. The second-order valence-electron chi connectivity index (χ2n) is 4.11. The van der Waals surface area contributed by atoms with Gasteiger partial charge >= 0.3 is 5.97 Å². The largest absolute Gasteiger partial charge is 0.478 e. The molecule has 9 nitrogen and oxygen atoms in total. The fourth-order valence-electron chi connectivity index (χ4n) is 1.70. The number of carbonyl (C=O) groups is 1. The zero-order valence-electron chi connectivity index (χ0n) is 11.0. The highest BCUT2D eigenvalue weighted by Gasteiger charge is 2.07. The predicted octanol–water partition coefficient (Wildman–Crippen LogP) is 1.83. The highest BCUT2D eigenvalue weighted by molar-refractivity contribution is 5.89. The van der Waals surface area contributed by atoms with E-state index in [0.717, 1.165) is 0 Å². The van der Waals surface area contributed by atoms with Crippen LogP contribution in [0, 0.1) is 0 Å². The minimum atomic E-state index is -0.995. The van der Waals surface area contributed by atoms with Crippen molar-refractivity contribution in [3.8, 4) is 11.3 Å². The Labute approximate surface area is 123 Å². The van der Waals surface area contributed by atoms with Crippen molar-refractivity contribution in [1.29, 1.82) is 0 Å². The summed E-state index contributed by atoms with van der Waals surface area (Å²) in [4.78, 5) is 11.0. The molecule has 2 heterocycles. The van der Waals surface area contributed by atoms with Crippen molar-refractivity contribution in [2.24, 2.45) is 5.10 Å². The van der Waals surface area contributed by atoms with Crippen LogP contribution >= 0.6 is 0 Å². The average molecular weight is 296 g/mol. The number of carboxylic acids is 1. The Morgan fingerprint density at radius 1 is 1.36 bits per heavy atom. The lowest BCUT2D eigenvalue weighted by molar-refractivity contribution is 0.0697. The fraction of sp³-hybridized carbons (Fsp3) is 0. The first kappa shape index (κ1) is 13.5. The molecular weight excluding hydrogens is 288 g/mol. The Morgan fingerprint density at radius 2 is 2.27 bits per heavy atom. The lowest BCUT2D eigenvalue weighted by atomic mass is 10.1. The summed E-state index contributed by atoms with van der Waals surface area (Å²) < 4.78 is 5.55. The first-order valence-electron chi connectivity index (χ1n) is 6.09. The average Bonchev–Trinajstić information content (AvgIpc) is 3.19. The number of hydrogen-bond acceptors (Lipinski definition) is 6. The summed E-state index contributed by atoms with van der Waals surface area (Å²) in [5.74, 6) is 0.0347. The highest BCUT2D eigenvalue weighted by atomic mass is 16.4. The van der Waals surface area contributed by atoms with E-state index in [9.17, 15) is 4.79 Å². The van der Waals surface area contributed by atoms with Crippen LogP contribution in [0.15, 0.2) is 45.9 Å². The fourth-order valence-corrected chi connectivity index (χ4v) is 1.70. The molecule has 0 saturated carbocycles. The number of benzene rings is 1. The third kappa shape index (κ3) is 2.98. The minimum absolute atomic E-state index is 0.0530. The molecule has 2 aromatic heterocycles. The number of furan rings is 1. The summed E-state index contributed by atoms with van der Waals surface area (Å²) >= 11 is 0. The molecule has 0 aliphatic heterocycles. The Morgan fingerprint density at radius 3 is 3.05 bits per heavy atom. The van der Waals surface area contributed by atoms with Crippen LogP contribution in [0.4, 0.5) is 5.95 Å². The molecule has 0 unspecified atom stereocenters. The van der Waals surface area contributed by atoms with E-state index in [1.807, 2.05) is 0 Å². The molecule has 22 heavy (non-hydrogen) atoms. The summed E-state index contributed by atoms with van der Waals surface area (Å²) in [6, 6.07) is 9.84. The van der Waals surface area contributed by atoms with E-state index in [-0.39, 0.29) is 11.5 Å². The first-order chi connectivity index (χ1) is 10.7. The van der Waals surface area contributed by atoms with Gasteiger partial charge in [-0.1, -0.05) is 12.1 Å². The molecule has 0 spiro atoms. The molecule has 9 heteroatoms. The quantitative estimate of drug-likeness (QED) is 0.561. The van der Waals surface area contributed by atoms with Gasteiger partial charge in [-0.05, 0) is 24.3 Å². The first-order valence-corrected chi connectivity index (χ1v) is 6.09. The van der Waals surface area contributed by atoms with Gasteiger partial charge in [-0.15, -0.1) is 5.95 Å². The minimum Gasteiger partial charge on any atom is -0.478 e. The summed E-state index contributed by atoms with van der Waals surface area (Å²) in [5.41, 5.74) is 4.51. The topological polar surface area (TPSA) is 130 Å². The predicted molar refractivity (Wildman–Crippen MR) is 74.9 cm³/mol. The van der Waals surface area contributed by atoms with E-state index in [0.29, 0.717) is 17.1 Å². The smallest absolute Gasteiger partial charge is 0.335 e. The zero-order valence-corrected chi connectivity index (χ0v) is 11.0. The number of tetrazole rings is 1. The van der Waals surface area contributed by atoms with Gasteiger partial charge in [-0.3, -0.25) is 0 Å². The summed E-state index contributed by atoms with van der Waals surface area (Å²) in [5, 5.41) is 26.2. The van der Waals surface area contributed by atoms with Gasteiger partial charge in [-0.2, -0.15) is 0 Å². The SMILES string of the molecule is O=C(O)c1cccc(-c2ccc(/C=N\[N-]c3nnn[n-]3)o2)c1. The number of aromatic carboxylic acids is 1. The number of nitrogens with zero attached hydrogens (tertiary/aromatic N) is 6. The molecule has 3 aromatic rings. The summed E-state index contributed by atoms with van der Waals surface area (Å²) in [7, 11) is 0. The van der Waals surface area contributed by atoms with E-state index in [4.69, 9.17) is 9.52 Å². The van der Waals surface area contributed by atoms with E-state index in [1.54, 1.807) is 24.3 Å². The molecule has 1 N–H and O–H groups in total. The number of aromatic nitrogens is 4.